The van der Waals surface area contributed by atoms with E-state index in [2.05, 4.69) is 0 Å². The Kier molecular flexibility index (Phi) is 7.12. The lowest BCUT2D eigenvalue weighted by Crippen LogP contribution is -2.37. The molecule has 0 radical (unpaired) electrons. The standard InChI is InChI=1S/C21H28N4O7S2/c1-22(33(27,28)15-7-9-17-18(13-15)25(4)21(26)24(17)3)11-12-23(2)34(29,30)16-8-10-19(31-5)20(14-16)32-6/h7-10,13-14H,11-12H2,1-6H3. The van der Waals surface area contributed by atoms with Crippen molar-refractivity contribution >= 4 is 31.1 Å². The van der Waals surface area contributed by atoms with Crippen LogP contribution in [0.25, 0.3) is 11.0 Å². The fraction of sp³-hybridized carbons (Fsp3) is 0.381. The number of fused-ring (bicyclic) bond motifs is 1. The van der Waals surface area contributed by atoms with Gasteiger partial charge in [0.1, 0.15) is 0 Å². The zero-order valence-electron chi connectivity index (χ0n) is 19.8. The molecule has 3 aromatic rings. The van der Waals surface area contributed by atoms with E-state index in [1.165, 1.54) is 67.8 Å². The van der Waals surface area contributed by atoms with Crippen LogP contribution in [-0.2, 0) is 34.1 Å². The summed E-state index contributed by atoms with van der Waals surface area (Å²) >= 11 is 0. The van der Waals surface area contributed by atoms with Gasteiger partial charge in [-0.05, 0) is 30.3 Å². The Bertz CT molecular complexity index is 1490. The second-order valence-electron chi connectivity index (χ2n) is 7.72. The minimum Gasteiger partial charge on any atom is -0.493 e. The van der Waals surface area contributed by atoms with Gasteiger partial charge >= 0.3 is 5.69 Å². The van der Waals surface area contributed by atoms with Crippen molar-refractivity contribution < 1.29 is 26.3 Å². The fourth-order valence-electron chi connectivity index (χ4n) is 3.51. The van der Waals surface area contributed by atoms with Gasteiger partial charge in [0.05, 0.1) is 35.0 Å². The van der Waals surface area contributed by atoms with E-state index in [0.29, 0.717) is 16.8 Å². The second-order valence-corrected chi connectivity index (χ2v) is 11.8. The van der Waals surface area contributed by atoms with Crippen LogP contribution < -0.4 is 15.2 Å². The third-order valence-electron chi connectivity index (χ3n) is 5.74. The van der Waals surface area contributed by atoms with E-state index in [-0.39, 0.29) is 34.3 Å². The Balaban J connectivity index is 1.80. The van der Waals surface area contributed by atoms with Gasteiger partial charge < -0.3 is 9.47 Å². The molecule has 13 heteroatoms. The SMILES string of the molecule is COc1ccc(S(=O)(=O)N(C)CCN(C)S(=O)(=O)c2ccc3c(c2)n(C)c(=O)n3C)cc1OC. The summed E-state index contributed by atoms with van der Waals surface area (Å²) < 4.78 is 67.4. The predicted octanol–water partition coefficient (Wildman–Crippen LogP) is 0.835. The summed E-state index contributed by atoms with van der Waals surface area (Å²) in [6.07, 6.45) is 0. The van der Waals surface area contributed by atoms with Crippen LogP contribution in [0, 0.1) is 0 Å². The molecule has 3 rings (SSSR count). The van der Waals surface area contributed by atoms with E-state index in [1.54, 1.807) is 20.2 Å². The lowest BCUT2D eigenvalue weighted by Gasteiger charge is -2.22. The molecule has 0 bridgehead atoms. The van der Waals surface area contributed by atoms with Crippen molar-refractivity contribution in [3.63, 3.8) is 0 Å². The average Bonchev–Trinajstić information content (AvgIpc) is 3.04. The molecule has 0 saturated heterocycles. The summed E-state index contributed by atoms with van der Waals surface area (Å²) in [5.74, 6) is 0.658. The lowest BCUT2D eigenvalue weighted by molar-refractivity contribution is 0.353. The number of hydrogen-bond donors (Lipinski definition) is 0. The first-order chi connectivity index (χ1) is 15.9. The average molecular weight is 513 g/mol. The van der Waals surface area contributed by atoms with Crippen molar-refractivity contribution in [3.8, 4) is 11.5 Å². The molecule has 1 heterocycles. The molecule has 0 fully saturated rings. The van der Waals surface area contributed by atoms with Crippen LogP contribution in [-0.4, -0.2) is 76.0 Å². The zero-order valence-corrected chi connectivity index (χ0v) is 21.5. The van der Waals surface area contributed by atoms with E-state index < -0.39 is 20.0 Å². The van der Waals surface area contributed by atoms with E-state index in [4.69, 9.17) is 9.47 Å². The van der Waals surface area contributed by atoms with Crippen molar-refractivity contribution in [2.24, 2.45) is 14.1 Å². The van der Waals surface area contributed by atoms with Gasteiger partial charge in [-0.3, -0.25) is 9.13 Å². The molecule has 0 aliphatic carbocycles. The van der Waals surface area contributed by atoms with Crippen molar-refractivity contribution in [1.82, 2.24) is 17.7 Å². The van der Waals surface area contributed by atoms with Crippen molar-refractivity contribution in [2.75, 3.05) is 41.4 Å². The van der Waals surface area contributed by atoms with E-state index in [9.17, 15) is 21.6 Å². The van der Waals surface area contributed by atoms with Gasteiger partial charge in [0, 0.05) is 47.3 Å². The van der Waals surface area contributed by atoms with E-state index in [0.717, 1.165) is 8.61 Å². The smallest absolute Gasteiger partial charge is 0.328 e. The quantitative estimate of drug-likeness (QED) is 0.417. The van der Waals surface area contributed by atoms with Crippen LogP contribution in [0.1, 0.15) is 0 Å². The number of aromatic nitrogens is 2. The lowest BCUT2D eigenvalue weighted by atomic mass is 10.3. The first-order valence-electron chi connectivity index (χ1n) is 10.2. The van der Waals surface area contributed by atoms with Gasteiger partial charge in [-0.2, -0.15) is 8.61 Å². The molecule has 0 spiro atoms. The Hall–Kier alpha value is -2.87. The van der Waals surface area contributed by atoms with Crippen LogP contribution >= 0.6 is 0 Å². The van der Waals surface area contributed by atoms with Gasteiger partial charge in [0.25, 0.3) is 0 Å². The second kappa shape index (κ2) is 9.41. The van der Waals surface area contributed by atoms with Crippen LogP contribution in [0.15, 0.2) is 51.0 Å². The van der Waals surface area contributed by atoms with Crippen LogP contribution in [0.2, 0.25) is 0 Å². The van der Waals surface area contributed by atoms with E-state index in [1.807, 2.05) is 0 Å². The van der Waals surface area contributed by atoms with Gasteiger partial charge in [0.15, 0.2) is 11.5 Å². The maximum absolute atomic E-state index is 13.1. The molecular formula is C21H28N4O7S2. The minimum atomic E-state index is -3.93. The third-order valence-corrected chi connectivity index (χ3v) is 9.45. The summed E-state index contributed by atoms with van der Waals surface area (Å²) in [5.41, 5.74) is 0.824. The molecule has 186 valence electrons. The Morgan fingerprint density at radius 2 is 1.21 bits per heavy atom. The molecule has 0 N–H and O–H groups in total. The Labute approximate surface area is 198 Å². The number of hydrogen-bond acceptors (Lipinski definition) is 7. The van der Waals surface area contributed by atoms with Crippen molar-refractivity contribution in [1.29, 1.82) is 0 Å². The number of rotatable bonds is 9. The number of benzene rings is 2. The van der Waals surface area contributed by atoms with E-state index >= 15 is 0 Å². The zero-order chi connectivity index (χ0) is 25.4. The maximum Gasteiger partial charge on any atom is 0.328 e. The summed E-state index contributed by atoms with van der Waals surface area (Å²) in [7, 11) is 0.952. The normalized spacial score (nSPS) is 12.6. The molecule has 0 aliphatic rings. The summed E-state index contributed by atoms with van der Waals surface area (Å²) in [5, 5.41) is 0. The number of aryl methyl sites for hydroxylation is 2. The number of likely N-dealkylation sites (N-methyl/N-ethyl adjacent to an activating group) is 2. The maximum atomic E-state index is 13.1. The molecule has 0 aliphatic heterocycles. The summed E-state index contributed by atoms with van der Waals surface area (Å²) in [6.45, 7) is -0.171. The molecule has 34 heavy (non-hydrogen) atoms. The first-order valence-corrected chi connectivity index (χ1v) is 13.0. The first kappa shape index (κ1) is 25.7. The third kappa shape index (κ3) is 4.43. The molecule has 2 aromatic carbocycles. The summed E-state index contributed by atoms with van der Waals surface area (Å²) in [6, 6.07) is 8.68. The number of imidazole rings is 1. The number of methoxy groups -OCH3 is 2. The minimum absolute atomic E-state index is 0.00592. The Morgan fingerprint density at radius 1 is 0.735 bits per heavy atom. The van der Waals surface area contributed by atoms with Crippen LogP contribution in [0.5, 0.6) is 11.5 Å². The monoisotopic (exact) mass is 512 g/mol. The molecular weight excluding hydrogens is 484 g/mol. The Morgan fingerprint density at radius 3 is 1.74 bits per heavy atom. The highest BCUT2D eigenvalue weighted by atomic mass is 32.2. The molecule has 0 saturated carbocycles. The molecule has 0 atom stereocenters. The largest absolute Gasteiger partial charge is 0.493 e. The molecule has 0 amide bonds. The predicted molar refractivity (Wildman–Crippen MR) is 127 cm³/mol. The van der Waals surface area contributed by atoms with Crippen LogP contribution in [0.3, 0.4) is 0 Å². The van der Waals surface area contributed by atoms with Crippen molar-refractivity contribution in [3.05, 3.63) is 46.9 Å². The number of sulfonamides is 2. The van der Waals surface area contributed by atoms with Crippen molar-refractivity contribution in [2.45, 2.75) is 9.79 Å². The highest BCUT2D eigenvalue weighted by Gasteiger charge is 2.26. The highest BCUT2D eigenvalue weighted by molar-refractivity contribution is 7.89. The number of ether oxygens (including phenoxy) is 2. The van der Waals surface area contributed by atoms with Crippen LogP contribution in [0.4, 0.5) is 0 Å². The number of nitrogens with zero attached hydrogens (tertiary/aromatic N) is 4. The van der Waals surface area contributed by atoms with Gasteiger partial charge in [-0.15, -0.1) is 0 Å². The highest BCUT2D eigenvalue weighted by Crippen LogP contribution is 2.30. The molecule has 1 aromatic heterocycles. The topological polar surface area (TPSA) is 120 Å². The summed E-state index contributed by atoms with van der Waals surface area (Å²) in [4.78, 5) is 12.1. The van der Waals surface area contributed by atoms with Gasteiger partial charge in [0.2, 0.25) is 20.0 Å². The van der Waals surface area contributed by atoms with Gasteiger partial charge in [-0.1, -0.05) is 0 Å². The van der Waals surface area contributed by atoms with Gasteiger partial charge in [-0.25, -0.2) is 21.6 Å². The molecule has 11 nitrogen and oxygen atoms in total. The fourth-order valence-corrected chi connectivity index (χ4v) is 5.87. The molecule has 0 unspecified atom stereocenters.